The minimum absolute atomic E-state index is 0.0750. The van der Waals surface area contributed by atoms with Crippen LogP contribution >= 0.6 is 0 Å². The van der Waals surface area contributed by atoms with E-state index in [9.17, 15) is 47.9 Å². The Kier molecular flexibility index (Phi) is 21.6. The van der Waals surface area contributed by atoms with Crippen molar-refractivity contribution in [1.82, 2.24) is 55.7 Å². The van der Waals surface area contributed by atoms with Crippen molar-refractivity contribution in [2.24, 2.45) is 23.7 Å². The van der Waals surface area contributed by atoms with Gasteiger partial charge in [0.1, 0.15) is 71.8 Å². The van der Waals surface area contributed by atoms with Crippen LogP contribution in [0.5, 0.6) is 0 Å². The summed E-state index contributed by atoms with van der Waals surface area (Å²) < 4.78 is 18.3. The number of nitrogens with two attached hydrogens (primary N) is 1. The lowest BCUT2D eigenvalue weighted by atomic mass is 9.96. The Bertz CT molecular complexity index is 3440. The fourth-order valence-corrected chi connectivity index (χ4v) is 12.4. The average Bonchev–Trinajstić information content (AvgIpc) is 1.28. The summed E-state index contributed by atoms with van der Waals surface area (Å²) in [4.78, 5) is 200. The second-order valence-corrected chi connectivity index (χ2v) is 25.7. The van der Waals surface area contributed by atoms with Gasteiger partial charge < -0.3 is 70.3 Å². The third kappa shape index (κ3) is 14.1. The zero-order valence-electron chi connectivity index (χ0n) is 54.8. The standard InChI is InChI=1S/C63H88N12O16/c1-17-31(8)44-61(86)75-25-19-21-38(75)59(84)71(14)27-40(77)73(16)50(30(6)7)63(88)90-35(12)46(57(82)67-44)69-55(80)41-42(64)51(78)33(10)53-48(41)65-47-36(23-22-32(9)52(47)91-53)54(79)68-45-34(11)89-62(87)49(29(4)5)72(15)39(76)26-70(13)58(83)37-20-18-24-74(37)60(85)43(28(2)3)66-56(45)81/h22-23,28-31,34-35,37-38,43-46,49-50H,17-21,24-27,64H2,1-16H3,(H,66,81)(H,67,82)(H,68,79)(H,69,80)/t31-,34+,35+,37-,38-,43+,44+,45-,46-,49-,50-/m0/s1. The maximum absolute atomic E-state index is 15.2. The summed E-state index contributed by atoms with van der Waals surface area (Å²) in [5.74, 6) is -12.3. The van der Waals surface area contributed by atoms with Gasteiger partial charge in [-0.05, 0) is 88.7 Å². The van der Waals surface area contributed by atoms with Gasteiger partial charge >= 0.3 is 11.9 Å². The lowest BCUT2D eigenvalue weighted by Gasteiger charge is -2.36. The molecule has 1 aliphatic carbocycles. The van der Waals surface area contributed by atoms with Crippen molar-refractivity contribution in [3.63, 3.8) is 0 Å². The molecule has 10 amide bonds. The number of nitrogens with zero attached hydrogens (tertiary/aromatic N) is 7. The Labute approximate surface area is 528 Å². The highest BCUT2D eigenvalue weighted by Gasteiger charge is 2.47. The van der Waals surface area contributed by atoms with Crippen LogP contribution in [-0.4, -0.2) is 220 Å². The van der Waals surface area contributed by atoms with E-state index in [-0.39, 0.29) is 53.9 Å². The summed E-state index contributed by atoms with van der Waals surface area (Å²) in [5.41, 5.74) is 3.60. The third-order valence-corrected chi connectivity index (χ3v) is 18.1. The minimum Gasteiger partial charge on any atom is -0.458 e. The molecule has 5 aliphatic heterocycles. The second kappa shape index (κ2) is 28.2. The molecule has 28 nitrogen and oxygen atoms in total. The third-order valence-electron chi connectivity index (χ3n) is 18.1. The summed E-state index contributed by atoms with van der Waals surface area (Å²) in [6.45, 7) is 18.6. The molecule has 6 N–H and O–H groups in total. The van der Waals surface area contributed by atoms with Crippen LogP contribution in [0.1, 0.15) is 133 Å². The largest absolute Gasteiger partial charge is 0.458 e. The molecule has 6 aliphatic rings. The number of hydrogen-bond donors (Lipinski definition) is 5. The van der Waals surface area contributed by atoms with Gasteiger partial charge in [-0.3, -0.25) is 52.7 Å². The molecule has 0 radical (unpaired) electrons. The first-order valence-electron chi connectivity index (χ1n) is 31.1. The second-order valence-electron chi connectivity index (χ2n) is 25.7. The Morgan fingerprint density at radius 2 is 1.10 bits per heavy atom. The van der Waals surface area contributed by atoms with Gasteiger partial charge in [0.05, 0.1) is 29.9 Å². The monoisotopic (exact) mass is 1270 g/mol. The molecule has 0 bridgehead atoms. The Morgan fingerprint density at radius 3 is 1.55 bits per heavy atom. The Balaban J connectivity index is 1.33. The number of cyclic esters (lactones) is 2. The summed E-state index contributed by atoms with van der Waals surface area (Å²) in [7, 11) is 5.60. The highest BCUT2D eigenvalue weighted by molar-refractivity contribution is 6.10. The topological polar surface area (TPSA) is 360 Å². The molecule has 7 rings (SSSR count). The van der Waals surface area contributed by atoms with E-state index in [1.165, 1.54) is 80.7 Å². The Hall–Kier alpha value is -8.72. The van der Waals surface area contributed by atoms with E-state index in [0.29, 0.717) is 24.8 Å². The molecule has 11 atom stereocenters. The SMILES string of the molecule is CC[C@H](C)[C@H]1NC(=O)[C@@H](NC(=O)c2c3nc4c(C(=O)N[C@@H]5C(=O)N[C@H](C(C)C)C(=O)N6CCC[C@H]6C(=O)N(C)CC(=O)N(C)[C@@H](C(C)C)C(=O)O[C@@H]5C)ccc(C)c4oc-3c(C)c(=O)c2N)[C@@H](C)OC(=O)[C@H](C(C)C)N(C)C(=O)CN(C)C(=O)[C@@H]2CCCN2C1=O. The number of benzene rings is 2. The van der Waals surface area contributed by atoms with E-state index < -0.39 is 191 Å². The summed E-state index contributed by atoms with van der Waals surface area (Å²) >= 11 is 0. The molecule has 0 saturated carbocycles. The quantitative estimate of drug-likeness (QED) is 0.114. The van der Waals surface area contributed by atoms with Gasteiger partial charge in [-0.25, -0.2) is 14.6 Å². The smallest absolute Gasteiger partial charge is 0.329 e. The molecular formula is C63H88N12O16. The van der Waals surface area contributed by atoms with E-state index in [0.717, 1.165) is 9.80 Å². The van der Waals surface area contributed by atoms with Crippen molar-refractivity contribution >= 4 is 87.8 Å². The van der Waals surface area contributed by atoms with Crippen molar-refractivity contribution in [2.75, 3.05) is 60.1 Å². The van der Waals surface area contributed by atoms with Crippen molar-refractivity contribution in [1.29, 1.82) is 0 Å². The highest BCUT2D eigenvalue weighted by Crippen LogP contribution is 2.35. The van der Waals surface area contributed by atoms with Crippen molar-refractivity contribution in [3.05, 3.63) is 44.6 Å². The molecule has 1 aromatic rings. The van der Waals surface area contributed by atoms with Crippen LogP contribution in [0.3, 0.4) is 0 Å². The molecule has 0 aromatic heterocycles. The number of amides is 10. The van der Waals surface area contributed by atoms with Gasteiger partial charge in [-0.1, -0.05) is 67.9 Å². The first-order valence-corrected chi connectivity index (χ1v) is 31.1. The van der Waals surface area contributed by atoms with Gasteiger partial charge in [-0.2, -0.15) is 0 Å². The zero-order chi connectivity index (χ0) is 67.7. The lowest BCUT2D eigenvalue weighted by molar-refractivity contribution is -0.163. The van der Waals surface area contributed by atoms with Crippen LogP contribution in [0, 0.1) is 37.5 Å². The van der Waals surface area contributed by atoms with Gasteiger partial charge in [-0.15, -0.1) is 0 Å². The first-order chi connectivity index (χ1) is 42.6. The fourth-order valence-electron chi connectivity index (χ4n) is 12.4. The van der Waals surface area contributed by atoms with Crippen LogP contribution in [0.4, 0.5) is 5.69 Å². The molecule has 0 unspecified atom stereocenters. The number of nitrogen functional groups attached to an aromatic ring is 1. The fraction of sp³-hybridized carbons (Fsp3) is 0.619. The zero-order valence-corrected chi connectivity index (χ0v) is 54.8. The molecule has 4 saturated heterocycles. The summed E-state index contributed by atoms with van der Waals surface area (Å²) in [5, 5.41) is 10.8. The van der Waals surface area contributed by atoms with E-state index in [2.05, 4.69) is 21.3 Å². The van der Waals surface area contributed by atoms with E-state index in [1.807, 2.05) is 0 Å². The number of likely N-dealkylation sites (N-methyl/N-ethyl adjacent to an activating group) is 4. The lowest BCUT2D eigenvalue weighted by Crippen LogP contribution is -2.61. The predicted molar refractivity (Wildman–Crippen MR) is 330 cm³/mol. The average molecular weight is 1270 g/mol. The van der Waals surface area contributed by atoms with Gasteiger partial charge in [0, 0.05) is 46.8 Å². The minimum atomic E-state index is -1.88. The molecular weight excluding hydrogens is 1180 g/mol. The number of anilines is 1. The van der Waals surface area contributed by atoms with Crippen LogP contribution in [0.25, 0.3) is 22.6 Å². The van der Waals surface area contributed by atoms with Gasteiger partial charge in [0.2, 0.25) is 52.7 Å². The van der Waals surface area contributed by atoms with Crippen molar-refractivity contribution in [2.45, 2.75) is 176 Å². The maximum atomic E-state index is 15.2. The highest BCUT2D eigenvalue weighted by atomic mass is 16.6. The molecule has 5 heterocycles. The number of aryl methyl sites for hydroxylation is 1. The number of carbonyl (C=O) groups is 12. The molecule has 0 spiro atoms. The van der Waals surface area contributed by atoms with Gasteiger partial charge in [0.15, 0.2) is 11.3 Å². The number of esters is 2. The summed E-state index contributed by atoms with van der Waals surface area (Å²) in [6.07, 6.45) is -1.30. The number of fused-ring (bicyclic) bond motifs is 4. The summed E-state index contributed by atoms with van der Waals surface area (Å²) in [6, 6.07) is -7.88. The van der Waals surface area contributed by atoms with Crippen LogP contribution < -0.4 is 32.4 Å². The van der Waals surface area contributed by atoms with Crippen LogP contribution in [-0.2, 0) is 57.4 Å². The normalized spacial score (nSPS) is 26.4. The van der Waals surface area contributed by atoms with Crippen LogP contribution in [0.2, 0.25) is 0 Å². The molecule has 28 heteroatoms. The van der Waals surface area contributed by atoms with E-state index in [4.69, 9.17) is 24.6 Å². The van der Waals surface area contributed by atoms with E-state index >= 15 is 14.4 Å². The Morgan fingerprint density at radius 1 is 0.648 bits per heavy atom. The predicted octanol–water partition coefficient (Wildman–Crippen LogP) is 1.12. The molecule has 496 valence electrons. The molecule has 91 heavy (non-hydrogen) atoms. The van der Waals surface area contributed by atoms with E-state index in [1.54, 1.807) is 62.3 Å². The van der Waals surface area contributed by atoms with Gasteiger partial charge in [0.25, 0.3) is 11.8 Å². The van der Waals surface area contributed by atoms with Crippen molar-refractivity contribution in [3.8, 4) is 11.5 Å². The molecule has 4 fully saturated rings. The first kappa shape index (κ1) is 69.7. The number of nitrogens with one attached hydrogen (secondary N) is 4. The van der Waals surface area contributed by atoms with Crippen molar-refractivity contribution < 1.29 is 71.4 Å². The number of carbonyl (C=O) groups excluding carboxylic acids is 12. The number of hydrogen-bond acceptors (Lipinski definition) is 18. The van der Waals surface area contributed by atoms with Crippen LogP contribution in [0.15, 0.2) is 21.3 Å². The number of aromatic nitrogens is 1. The number of ether oxygens (including phenoxy) is 2. The molecule has 1 aromatic carbocycles. The maximum Gasteiger partial charge on any atom is 0.329 e. The number of rotatable bonds is 9.